The maximum Gasteiger partial charge on any atom is 0.151 e. The molecular formula is C10H20O6. The van der Waals surface area contributed by atoms with Gasteiger partial charge >= 0.3 is 0 Å². The number of carbonyl (C=O) groups is 1. The third kappa shape index (κ3) is 4.54. The summed E-state index contributed by atoms with van der Waals surface area (Å²) in [5, 5.41) is 27.7. The zero-order valence-corrected chi connectivity index (χ0v) is 9.57. The third-order valence-corrected chi connectivity index (χ3v) is 2.09. The topological polar surface area (TPSA) is 96.2 Å². The van der Waals surface area contributed by atoms with Crippen molar-refractivity contribution >= 4 is 6.29 Å². The van der Waals surface area contributed by atoms with Crippen molar-refractivity contribution in [3.05, 3.63) is 0 Å². The molecule has 0 aromatic heterocycles. The smallest absolute Gasteiger partial charge is 0.151 e. The molecule has 0 heterocycles. The maximum absolute atomic E-state index is 10.8. The predicted molar refractivity (Wildman–Crippen MR) is 56.0 cm³/mol. The number of rotatable bonds is 9. The average Bonchev–Trinajstić information content (AvgIpc) is 2.31. The van der Waals surface area contributed by atoms with Gasteiger partial charge in [0.05, 0.1) is 6.61 Å². The number of ether oxygens (including phenoxy) is 2. The van der Waals surface area contributed by atoms with Crippen LogP contribution in [0.5, 0.6) is 0 Å². The Balaban J connectivity index is 4.60. The molecule has 0 aromatic rings. The standard InChI is InChI=1S/C10H20O6/c1-3-15-8(6-12)10(16-4-2)9(14)7(13)5-11/h6-11,13-14H,3-5H2,1-2H3/t7-,8+,9-,10-/m1/s1. The molecule has 0 saturated heterocycles. The van der Waals surface area contributed by atoms with Crippen molar-refractivity contribution < 1.29 is 29.6 Å². The van der Waals surface area contributed by atoms with Crippen LogP contribution in [0.1, 0.15) is 13.8 Å². The Morgan fingerprint density at radius 3 is 2.12 bits per heavy atom. The zero-order chi connectivity index (χ0) is 12.6. The van der Waals surface area contributed by atoms with Gasteiger partial charge in [0.1, 0.15) is 24.4 Å². The Morgan fingerprint density at radius 1 is 1.19 bits per heavy atom. The predicted octanol–water partition coefficient (Wildman–Crippen LogP) is -1.29. The minimum atomic E-state index is -1.37. The van der Waals surface area contributed by atoms with Crippen LogP contribution in [0.15, 0.2) is 0 Å². The Kier molecular flexibility index (Phi) is 8.32. The van der Waals surface area contributed by atoms with Gasteiger partial charge in [-0.25, -0.2) is 0 Å². The van der Waals surface area contributed by atoms with Crippen LogP contribution in [0, 0.1) is 0 Å². The first kappa shape index (κ1) is 15.5. The van der Waals surface area contributed by atoms with Crippen LogP contribution in [0.4, 0.5) is 0 Å². The summed E-state index contributed by atoms with van der Waals surface area (Å²) >= 11 is 0. The second-order valence-corrected chi connectivity index (χ2v) is 3.22. The number of carbonyl (C=O) groups excluding carboxylic acids is 1. The fourth-order valence-corrected chi connectivity index (χ4v) is 1.31. The van der Waals surface area contributed by atoms with E-state index in [1.54, 1.807) is 13.8 Å². The highest BCUT2D eigenvalue weighted by atomic mass is 16.6. The first-order chi connectivity index (χ1) is 7.62. The highest BCUT2D eigenvalue weighted by molar-refractivity contribution is 5.57. The van der Waals surface area contributed by atoms with Crippen LogP contribution >= 0.6 is 0 Å². The first-order valence-electron chi connectivity index (χ1n) is 5.27. The lowest BCUT2D eigenvalue weighted by molar-refractivity contribution is -0.158. The molecule has 96 valence electrons. The fourth-order valence-electron chi connectivity index (χ4n) is 1.31. The summed E-state index contributed by atoms with van der Waals surface area (Å²) in [5.74, 6) is 0. The van der Waals surface area contributed by atoms with Crippen molar-refractivity contribution in [2.45, 2.75) is 38.3 Å². The van der Waals surface area contributed by atoms with Crippen molar-refractivity contribution in [3.8, 4) is 0 Å². The molecular weight excluding hydrogens is 216 g/mol. The molecule has 3 N–H and O–H groups in total. The van der Waals surface area contributed by atoms with Crippen LogP contribution in [0.2, 0.25) is 0 Å². The van der Waals surface area contributed by atoms with Crippen molar-refractivity contribution in [1.29, 1.82) is 0 Å². The lowest BCUT2D eigenvalue weighted by Crippen LogP contribution is -2.49. The summed E-state index contributed by atoms with van der Waals surface area (Å²) in [6.45, 7) is 3.34. The molecule has 6 nitrogen and oxygen atoms in total. The van der Waals surface area contributed by atoms with Gasteiger partial charge < -0.3 is 29.6 Å². The average molecular weight is 236 g/mol. The van der Waals surface area contributed by atoms with E-state index >= 15 is 0 Å². The lowest BCUT2D eigenvalue weighted by Gasteiger charge is -2.29. The van der Waals surface area contributed by atoms with Gasteiger partial charge in [0, 0.05) is 13.2 Å². The van der Waals surface area contributed by atoms with E-state index in [-0.39, 0.29) is 13.2 Å². The molecule has 0 fully saturated rings. The highest BCUT2D eigenvalue weighted by Crippen LogP contribution is 2.11. The van der Waals surface area contributed by atoms with Crippen LogP contribution < -0.4 is 0 Å². The van der Waals surface area contributed by atoms with Gasteiger partial charge in [-0.05, 0) is 13.8 Å². The number of hydrogen-bond donors (Lipinski definition) is 3. The van der Waals surface area contributed by atoms with E-state index in [4.69, 9.17) is 14.6 Å². The summed E-state index contributed by atoms with van der Waals surface area (Å²) in [4.78, 5) is 10.8. The molecule has 0 rings (SSSR count). The third-order valence-electron chi connectivity index (χ3n) is 2.09. The molecule has 0 spiro atoms. The van der Waals surface area contributed by atoms with Crippen molar-refractivity contribution in [3.63, 3.8) is 0 Å². The van der Waals surface area contributed by atoms with Gasteiger partial charge in [0.15, 0.2) is 6.29 Å². The van der Waals surface area contributed by atoms with Crippen LogP contribution in [0.3, 0.4) is 0 Å². The molecule has 0 amide bonds. The zero-order valence-electron chi connectivity index (χ0n) is 9.57. The summed E-state index contributed by atoms with van der Waals surface area (Å²) in [5.41, 5.74) is 0. The number of aliphatic hydroxyl groups excluding tert-OH is 3. The number of aliphatic hydroxyl groups is 3. The summed E-state index contributed by atoms with van der Waals surface area (Å²) in [6, 6.07) is 0. The van der Waals surface area contributed by atoms with E-state index in [0.29, 0.717) is 6.29 Å². The van der Waals surface area contributed by atoms with Crippen molar-refractivity contribution in [1.82, 2.24) is 0 Å². The van der Waals surface area contributed by atoms with Gasteiger partial charge in [0.2, 0.25) is 0 Å². The van der Waals surface area contributed by atoms with Gasteiger partial charge in [-0.2, -0.15) is 0 Å². The molecule has 0 aliphatic heterocycles. The fraction of sp³-hybridized carbons (Fsp3) is 0.900. The Morgan fingerprint density at radius 2 is 1.75 bits per heavy atom. The SMILES string of the molecule is CCO[C@@H]([C@H](O)[C@H](O)CO)[C@H](C=O)OCC. The molecule has 4 atom stereocenters. The van der Waals surface area contributed by atoms with E-state index < -0.39 is 31.0 Å². The first-order valence-corrected chi connectivity index (χ1v) is 5.27. The maximum atomic E-state index is 10.8. The number of aldehydes is 1. The highest BCUT2D eigenvalue weighted by Gasteiger charge is 2.33. The molecule has 16 heavy (non-hydrogen) atoms. The van der Waals surface area contributed by atoms with E-state index in [1.165, 1.54) is 0 Å². The van der Waals surface area contributed by atoms with E-state index in [2.05, 4.69) is 0 Å². The molecule has 0 aromatic carbocycles. The molecule has 0 aliphatic carbocycles. The molecule has 0 saturated carbocycles. The molecule has 0 unspecified atom stereocenters. The Labute approximate surface area is 94.8 Å². The van der Waals surface area contributed by atoms with E-state index in [0.717, 1.165) is 0 Å². The minimum absolute atomic E-state index is 0.261. The van der Waals surface area contributed by atoms with Crippen molar-refractivity contribution in [2.24, 2.45) is 0 Å². The normalized spacial score (nSPS) is 18.8. The van der Waals surface area contributed by atoms with Gasteiger partial charge in [-0.3, -0.25) is 0 Å². The monoisotopic (exact) mass is 236 g/mol. The van der Waals surface area contributed by atoms with Gasteiger partial charge in [-0.1, -0.05) is 0 Å². The molecule has 0 bridgehead atoms. The number of hydrogen-bond acceptors (Lipinski definition) is 6. The Bertz CT molecular complexity index is 186. The van der Waals surface area contributed by atoms with Crippen molar-refractivity contribution in [2.75, 3.05) is 19.8 Å². The largest absolute Gasteiger partial charge is 0.394 e. The molecule has 0 radical (unpaired) electrons. The van der Waals surface area contributed by atoms with E-state index in [1.807, 2.05) is 0 Å². The quantitative estimate of drug-likeness (QED) is 0.431. The second kappa shape index (κ2) is 8.60. The van der Waals surface area contributed by atoms with Crippen LogP contribution in [0.25, 0.3) is 0 Å². The van der Waals surface area contributed by atoms with Crippen LogP contribution in [-0.2, 0) is 14.3 Å². The van der Waals surface area contributed by atoms with E-state index in [9.17, 15) is 15.0 Å². The van der Waals surface area contributed by atoms with Gasteiger partial charge in [-0.15, -0.1) is 0 Å². The molecule has 6 heteroatoms. The lowest BCUT2D eigenvalue weighted by atomic mass is 10.0. The van der Waals surface area contributed by atoms with Crippen LogP contribution in [-0.4, -0.2) is 65.8 Å². The summed E-state index contributed by atoms with van der Waals surface area (Å²) in [6.07, 6.45) is -4.16. The summed E-state index contributed by atoms with van der Waals surface area (Å²) < 4.78 is 10.2. The summed E-state index contributed by atoms with van der Waals surface area (Å²) in [7, 11) is 0. The van der Waals surface area contributed by atoms with Gasteiger partial charge in [0.25, 0.3) is 0 Å². The minimum Gasteiger partial charge on any atom is -0.394 e. The Hall–Kier alpha value is -0.530. The molecule has 0 aliphatic rings. The second-order valence-electron chi connectivity index (χ2n) is 3.22.